The molecule has 8 aromatic carbocycles. The molecule has 0 radical (unpaired) electrons. The monoisotopic (exact) mass is 592 g/mol. The highest BCUT2D eigenvalue weighted by atomic mass is 32.1. The highest BCUT2D eigenvalue weighted by Crippen LogP contribution is 2.49. The van der Waals surface area contributed by atoms with Crippen molar-refractivity contribution in [3.8, 4) is 22.3 Å². The molecule has 0 aliphatic heterocycles. The van der Waals surface area contributed by atoms with Gasteiger partial charge in [-0.2, -0.15) is 0 Å². The molecule has 2 heteroatoms. The van der Waals surface area contributed by atoms with Gasteiger partial charge in [-0.3, -0.25) is 0 Å². The lowest BCUT2D eigenvalue weighted by Crippen LogP contribution is -1.91. The lowest BCUT2D eigenvalue weighted by molar-refractivity contribution is 1.71. The maximum absolute atomic E-state index is 2.46. The van der Waals surface area contributed by atoms with Crippen LogP contribution < -0.4 is 0 Å². The third-order valence-corrected chi connectivity index (χ3v) is 11.5. The molecule has 0 N–H and O–H groups in total. The second kappa shape index (κ2) is 9.24. The summed E-state index contributed by atoms with van der Waals surface area (Å²) in [5, 5.41) is 13.2. The van der Waals surface area contributed by atoms with Gasteiger partial charge in [-0.15, -0.1) is 22.7 Å². The molecular formula is C42H24S2. The molecule has 2 aromatic heterocycles. The summed E-state index contributed by atoms with van der Waals surface area (Å²) < 4.78 is 5.36. The molecule has 0 fully saturated rings. The molecule has 10 rings (SSSR count). The molecular weight excluding hydrogens is 569 g/mol. The topological polar surface area (TPSA) is 0 Å². The van der Waals surface area contributed by atoms with Gasteiger partial charge in [-0.05, 0) is 78.8 Å². The van der Waals surface area contributed by atoms with Crippen LogP contribution in [0.5, 0.6) is 0 Å². The zero-order valence-corrected chi connectivity index (χ0v) is 25.3. The average molecular weight is 593 g/mol. The molecule has 0 aliphatic carbocycles. The van der Waals surface area contributed by atoms with Crippen molar-refractivity contribution in [2.45, 2.75) is 0 Å². The van der Waals surface area contributed by atoms with Crippen LogP contribution in [0.3, 0.4) is 0 Å². The van der Waals surface area contributed by atoms with E-state index in [1.54, 1.807) is 0 Å². The Morgan fingerprint density at radius 1 is 0.295 bits per heavy atom. The first-order valence-corrected chi connectivity index (χ1v) is 16.7. The summed E-state index contributed by atoms with van der Waals surface area (Å²) in [6, 6.07) is 54.1. The Morgan fingerprint density at radius 2 is 0.773 bits per heavy atom. The van der Waals surface area contributed by atoms with E-state index in [9.17, 15) is 0 Å². The van der Waals surface area contributed by atoms with E-state index < -0.39 is 0 Å². The van der Waals surface area contributed by atoms with E-state index >= 15 is 0 Å². The Kier molecular flexibility index (Phi) is 5.13. The van der Waals surface area contributed by atoms with Crippen molar-refractivity contribution >= 4 is 95.3 Å². The van der Waals surface area contributed by atoms with Crippen molar-refractivity contribution in [1.29, 1.82) is 0 Å². The van der Waals surface area contributed by atoms with Gasteiger partial charge < -0.3 is 0 Å². The fourth-order valence-corrected chi connectivity index (χ4v) is 9.71. The molecule has 44 heavy (non-hydrogen) atoms. The summed E-state index contributed by atoms with van der Waals surface area (Å²) in [6.45, 7) is 0. The smallest absolute Gasteiger partial charge is 0.0368 e. The maximum Gasteiger partial charge on any atom is 0.0368 e. The Balaban J connectivity index is 1.34. The van der Waals surface area contributed by atoms with Gasteiger partial charge in [0.05, 0.1) is 0 Å². The standard InChI is InChI=1S/C42H24S2/c1-2-13-29-26(11-1)35(24-39-42(29)34-18-8-10-20-37(34)44-39)41-32-16-5-3-14-30(32)40(31-15-4-6-17-33(31)41)25-21-22-28-27-12-7-9-19-36(27)43-38(28)23-25/h1-24H. The molecule has 0 spiro atoms. The Labute approximate surface area is 262 Å². The van der Waals surface area contributed by atoms with E-state index in [2.05, 4.69) is 146 Å². The number of hydrogen-bond donors (Lipinski definition) is 0. The quantitative estimate of drug-likeness (QED) is 0.175. The van der Waals surface area contributed by atoms with Crippen molar-refractivity contribution in [3.63, 3.8) is 0 Å². The van der Waals surface area contributed by atoms with Crippen LogP contribution in [0.15, 0.2) is 146 Å². The van der Waals surface area contributed by atoms with Gasteiger partial charge >= 0.3 is 0 Å². The number of benzene rings is 8. The highest BCUT2D eigenvalue weighted by Gasteiger charge is 2.20. The lowest BCUT2D eigenvalue weighted by atomic mass is 9.84. The first-order chi connectivity index (χ1) is 21.8. The maximum atomic E-state index is 2.46. The third kappa shape index (κ3) is 3.38. The van der Waals surface area contributed by atoms with E-state index in [-0.39, 0.29) is 0 Å². The molecule has 0 atom stereocenters. The molecule has 0 unspecified atom stereocenters. The van der Waals surface area contributed by atoms with Crippen molar-refractivity contribution in [2.24, 2.45) is 0 Å². The van der Waals surface area contributed by atoms with Crippen LogP contribution in [0, 0.1) is 0 Å². The second-order valence-electron chi connectivity index (χ2n) is 11.6. The largest absolute Gasteiger partial charge is 0.135 e. The fourth-order valence-electron chi connectivity index (χ4n) is 7.41. The van der Waals surface area contributed by atoms with Crippen LogP contribution in [0.1, 0.15) is 0 Å². The Morgan fingerprint density at radius 3 is 1.45 bits per heavy atom. The molecule has 2 heterocycles. The second-order valence-corrected chi connectivity index (χ2v) is 13.8. The van der Waals surface area contributed by atoms with Gasteiger partial charge in [0.25, 0.3) is 0 Å². The molecule has 0 aliphatic rings. The number of thiophene rings is 2. The van der Waals surface area contributed by atoms with Crippen molar-refractivity contribution in [2.75, 3.05) is 0 Å². The van der Waals surface area contributed by atoms with Crippen molar-refractivity contribution in [3.05, 3.63) is 146 Å². The summed E-state index contributed by atoms with van der Waals surface area (Å²) >= 11 is 3.79. The number of rotatable bonds is 2. The SMILES string of the molecule is c1ccc2c(c1)sc1cc(-c3c4ccccc4c(-c4cc5sc6ccccc6c5c5ccccc45)c4ccccc34)ccc12. The normalized spacial score (nSPS) is 12.1. The minimum absolute atomic E-state index is 1.27. The first kappa shape index (κ1) is 24.4. The predicted octanol–water partition coefficient (Wildman–Crippen LogP) is 13.2. The zero-order valence-electron chi connectivity index (χ0n) is 23.7. The van der Waals surface area contributed by atoms with Crippen LogP contribution in [-0.2, 0) is 0 Å². The minimum atomic E-state index is 1.27. The molecule has 0 amide bonds. The number of fused-ring (bicyclic) bond motifs is 10. The molecule has 10 aromatic rings. The Hall–Kier alpha value is -5.02. The average Bonchev–Trinajstić information content (AvgIpc) is 3.65. The molecule has 0 nitrogen and oxygen atoms in total. The first-order valence-electron chi connectivity index (χ1n) is 15.0. The summed E-state index contributed by atoms with van der Waals surface area (Å²) in [6.07, 6.45) is 0. The lowest BCUT2D eigenvalue weighted by Gasteiger charge is -2.19. The van der Waals surface area contributed by atoms with E-state index in [0.717, 1.165) is 0 Å². The van der Waals surface area contributed by atoms with Gasteiger partial charge in [-0.25, -0.2) is 0 Å². The van der Waals surface area contributed by atoms with E-state index in [0.29, 0.717) is 0 Å². The summed E-state index contributed by atoms with van der Waals surface area (Å²) in [5.41, 5.74) is 5.20. The van der Waals surface area contributed by atoms with Crippen LogP contribution in [0.2, 0.25) is 0 Å². The zero-order chi connectivity index (χ0) is 28.8. The Bertz CT molecular complexity index is 2720. The molecule has 0 saturated carbocycles. The summed E-state index contributed by atoms with van der Waals surface area (Å²) in [4.78, 5) is 0. The van der Waals surface area contributed by atoms with Gasteiger partial charge in [0, 0.05) is 40.3 Å². The fraction of sp³-hybridized carbons (Fsp3) is 0. The third-order valence-electron chi connectivity index (χ3n) is 9.25. The highest BCUT2D eigenvalue weighted by molar-refractivity contribution is 7.26. The number of hydrogen-bond acceptors (Lipinski definition) is 2. The molecule has 0 saturated heterocycles. The van der Waals surface area contributed by atoms with Crippen LogP contribution in [-0.4, -0.2) is 0 Å². The van der Waals surface area contributed by atoms with Gasteiger partial charge in [0.2, 0.25) is 0 Å². The summed E-state index contributed by atoms with van der Waals surface area (Å²) in [5.74, 6) is 0. The molecule has 204 valence electrons. The van der Waals surface area contributed by atoms with Crippen LogP contribution >= 0.6 is 22.7 Å². The van der Waals surface area contributed by atoms with E-state index in [4.69, 9.17) is 0 Å². The summed E-state index contributed by atoms with van der Waals surface area (Å²) in [7, 11) is 0. The van der Waals surface area contributed by atoms with E-state index in [1.807, 2.05) is 22.7 Å². The van der Waals surface area contributed by atoms with Crippen LogP contribution in [0.4, 0.5) is 0 Å². The van der Waals surface area contributed by atoms with Gasteiger partial charge in [0.15, 0.2) is 0 Å². The van der Waals surface area contributed by atoms with Crippen LogP contribution in [0.25, 0.3) is 94.9 Å². The minimum Gasteiger partial charge on any atom is -0.135 e. The van der Waals surface area contributed by atoms with Crippen molar-refractivity contribution in [1.82, 2.24) is 0 Å². The van der Waals surface area contributed by atoms with Gasteiger partial charge in [0.1, 0.15) is 0 Å². The predicted molar refractivity (Wildman–Crippen MR) is 196 cm³/mol. The molecule has 0 bridgehead atoms. The van der Waals surface area contributed by atoms with E-state index in [1.165, 1.54) is 94.9 Å². The van der Waals surface area contributed by atoms with Gasteiger partial charge in [-0.1, -0.05) is 121 Å². The van der Waals surface area contributed by atoms with Crippen molar-refractivity contribution < 1.29 is 0 Å².